The van der Waals surface area contributed by atoms with Gasteiger partial charge in [0, 0.05) is 6.20 Å². The first-order valence-electron chi connectivity index (χ1n) is 5.55. The summed E-state index contributed by atoms with van der Waals surface area (Å²) in [6.45, 7) is 0. The second-order valence-corrected chi connectivity index (χ2v) is 3.72. The molecule has 0 unspecified atom stereocenters. The average molecular weight is 277 g/mol. The molecule has 7 heteroatoms. The Morgan fingerprint density at radius 1 is 0.900 bits per heavy atom. The van der Waals surface area contributed by atoms with E-state index in [9.17, 15) is 18.4 Å². The average Bonchev–Trinajstić information content (AvgIpc) is 2.45. The second kappa shape index (κ2) is 5.87. The van der Waals surface area contributed by atoms with E-state index in [0.29, 0.717) is 0 Å². The highest BCUT2D eigenvalue weighted by Gasteiger charge is 2.17. The zero-order chi connectivity index (χ0) is 14.5. The van der Waals surface area contributed by atoms with E-state index in [1.165, 1.54) is 12.3 Å². The first-order chi connectivity index (χ1) is 9.59. The molecule has 1 aromatic heterocycles. The molecule has 0 aliphatic rings. The van der Waals surface area contributed by atoms with E-state index >= 15 is 0 Å². The minimum atomic E-state index is -1.09. The maximum absolute atomic E-state index is 13.3. The number of nitrogens with one attached hydrogen (secondary N) is 2. The Kier molecular flexibility index (Phi) is 3.99. The summed E-state index contributed by atoms with van der Waals surface area (Å²) in [6.07, 6.45) is 1.40. The number of amides is 2. The predicted molar refractivity (Wildman–Crippen MR) is 65.5 cm³/mol. The standard InChI is InChI=1S/C13H9F2N3O2/c14-8-4-3-5-9(15)11(8)13(20)18-17-12(19)10-6-1-2-7-16-10/h1-7H,(H,17,19)(H,18,20). The van der Waals surface area contributed by atoms with Gasteiger partial charge in [0.2, 0.25) is 0 Å². The molecule has 2 aromatic rings. The van der Waals surface area contributed by atoms with Crippen molar-refractivity contribution >= 4 is 11.8 Å². The van der Waals surface area contributed by atoms with Crippen LogP contribution in [0.3, 0.4) is 0 Å². The van der Waals surface area contributed by atoms with Gasteiger partial charge in [-0.2, -0.15) is 0 Å². The molecule has 0 saturated heterocycles. The molecule has 0 aliphatic heterocycles. The number of pyridine rings is 1. The minimum absolute atomic E-state index is 0.0572. The van der Waals surface area contributed by atoms with Crippen LogP contribution in [0.2, 0.25) is 0 Å². The summed E-state index contributed by atoms with van der Waals surface area (Å²) < 4.78 is 26.6. The van der Waals surface area contributed by atoms with Crippen LogP contribution in [0.5, 0.6) is 0 Å². The number of benzene rings is 1. The summed E-state index contributed by atoms with van der Waals surface area (Å²) in [5.41, 5.74) is 3.23. The third-order valence-electron chi connectivity index (χ3n) is 2.38. The molecule has 1 aromatic carbocycles. The maximum Gasteiger partial charge on any atom is 0.288 e. The quantitative estimate of drug-likeness (QED) is 0.816. The summed E-state index contributed by atoms with van der Waals surface area (Å²) in [5.74, 6) is -3.83. The first kappa shape index (κ1) is 13.6. The number of hydrogen-bond acceptors (Lipinski definition) is 3. The molecule has 1 heterocycles. The molecule has 0 aliphatic carbocycles. The molecule has 0 spiro atoms. The summed E-state index contributed by atoms with van der Waals surface area (Å²) >= 11 is 0. The van der Waals surface area contributed by atoms with Crippen molar-refractivity contribution in [2.24, 2.45) is 0 Å². The molecule has 5 nitrogen and oxygen atoms in total. The Morgan fingerprint density at radius 3 is 2.15 bits per heavy atom. The molecular formula is C13H9F2N3O2. The van der Waals surface area contributed by atoms with Gasteiger partial charge in [-0.25, -0.2) is 8.78 Å². The summed E-state index contributed by atoms with van der Waals surface area (Å²) in [7, 11) is 0. The lowest BCUT2D eigenvalue weighted by molar-refractivity contribution is 0.0839. The van der Waals surface area contributed by atoms with Gasteiger partial charge in [0.15, 0.2) is 0 Å². The van der Waals surface area contributed by atoms with Crippen molar-refractivity contribution in [3.05, 3.63) is 65.5 Å². The molecule has 0 fully saturated rings. The lowest BCUT2D eigenvalue weighted by atomic mass is 10.2. The lowest BCUT2D eigenvalue weighted by Crippen LogP contribution is -2.42. The fourth-order valence-electron chi connectivity index (χ4n) is 1.45. The maximum atomic E-state index is 13.3. The van der Waals surface area contributed by atoms with Crippen LogP contribution in [0.4, 0.5) is 8.78 Å². The highest BCUT2D eigenvalue weighted by Crippen LogP contribution is 2.11. The van der Waals surface area contributed by atoms with Gasteiger partial charge < -0.3 is 0 Å². The van der Waals surface area contributed by atoms with Crippen molar-refractivity contribution in [1.29, 1.82) is 0 Å². The lowest BCUT2D eigenvalue weighted by Gasteiger charge is -2.08. The third kappa shape index (κ3) is 2.94. The van der Waals surface area contributed by atoms with E-state index in [2.05, 4.69) is 4.98 Å². The van der Waals surface area contributed by atoms with Crippen LogP contribution in [0.1, 0.15) is 20.8 Å². The largest absolute Gasteiger partial charge is 0.288 e. The van der Waals surface area contributed by atoms with Crippen molar-refractivity contribution in [2.75, 3.05) is 0 Å². The Labute approximate surface area is 112 Å². The van der Waals surface area contributed by atoms with Crippen molar-refractivity contribution in [2.45, 2.75) is 0 Å². The van der Waals surface area contributed by atoms with Gasteiger partial charge in [0.05, 0.1) is 0 Å². The highest BCUT2D eigenvalue weighted by atomic mass is 19.1. The number of halogens is 2. The van der Waals surface area contributed by atoms with Gasteiger partial charge in [-0.3, -0.25) is 25.4 Å². The van der Waals surface area contributed by atoms with Crippen LogP contribution in [-0.4, -0.2) is 16.8 Å². The Balaban J connectivity index is 2.05. The molecule has 2 rings (SSSR count). The summed E-state index contributed by atoms with van der Waals surface area (Å²) in [4.78, 5) is 26.9. The van der Waals surface area contributed by atoms with Gasteiger partial charge in [0.1, 0.15) is 22.9 Å². The van der Waals surface area contributed by atoms with Gasteiger partial charge in [-0.1, -0.05) is 12.1 Å². The fourth-order valence-corrected chi connectivity index (χ4v) is 1.45. The number of aromatic nitrogens is 1. The van der Waals surface area contributed by atoms with Crippen LogP contribution >= 0.6 is 0 Å². The van der Waals surface area contributed by atoms with Gasteiger partial charge in [-0.15, -0.1) is 0 Å². The minimum Gasteiger partial charge on any atom is -0.267 e. The summed E-state index contributed by atoms with van der Waals surface area (Å²) in [5, 5.41) is 0. The van der Waals surface area contributed by atoms with Crippen LogP contribution in [0.15, 0.2) is 42.6 Å². The van der Waals surface area contributed by atoms with E-state index < -0.39 is 29.0 Å². The molecule has 0 atom stereocenters. The molecular weight excluding hydrogens is 268 g/mol. The van der Waals surface area contributed by atoms with Crippen molar-refractivity contribution in [1.82, 2.24) is 15.8 Å². The number of hydrazine groups is 1. The first-order valence-corrected chi connectivity index (χ1v) is 5.55. The Morgan fingerprint density at radius 2 is 1.55 bits per heavy atom. The van der Waals surface area contributed by atoms with Gasteiger partial charge in [-0.05, 0) is 24.3 Å². The fraction of sp³-hybridized carbons (Fsp3) is 0. The number of carbonyl (C=O) groups is 2. The topological polar surface area (TPSA) is 71.1 Å². The normalized spacial score (nSPS) is 9.90. The second-order valence-electron chi connectivity index (χ2n) is 3.72. The Hall–Kier alpha value is -2.83. The van der Waals surface area contributed by atoms with E-state index in [0.717, 1.165) is 18.2 Å². The van der Waals surface area contributed by atoms with E-state index in [1.54, 1.807) is 12.1 Å². The van der Waals surface area contributed by atoms with Crippen molar-refractivity contribution < 1.29 is 18.4 Å². The number of nitrogens with zero attached hydrogens (tertiary/aromatic N) is 1. The van der Waals surface area contributed by atoms with Crippen molar-refractivity contribution in [3.8, 4) is 0 Å². The molecule has 2 amide bonds. The Bertz CT molecular complexity index is 627. The van der Waals surface area contributed by atoms with Crippen LogP contribution in [0.25, 0.3) is 0 Å². The predicted octanol–water partition coefficient (Wildman–Crippen LogP) is 1.43. The van der Waals surface area contributed by atoms with Crippen molar-refractivity contribution in [3.63, 3.8) is 0 Å². The molecule has 20 heavy (non-hydrogen) atoms. The molecule has 0 bridgehead atoms. The molecule has 0 radical (unpaired) electrons. The van der Waals surface area contributed by atoms with Crippen LogP contribution in [-0.2, 0) is 0 Å². The van der Waals surface area contributed by atoms with Crippen LogP contribution in [0, 0.1) is 11.6 Å². The number of carbonyl (C=O) groups excluding carboxylic acids is 2. The summed E-state index contributed by atoms with van der Waals surface area (Å²) in [6, 6.07) is 7.64. The molecule has 0 saturated carbocycles. The van der Waals surface area contributed by atoms with Crippen LogP contribution < -0.4 is 10.9 Å². The van der Waals surface area contributed by atoms with Gasteiger partial charge >= 0.3 is 0 Å². The molecule has 102 valence electrons. The van der Waals surface area contributed by atoms with E-state index in [-0.39, 0.29) is 5.69 Å². The smallest absolute Gasteiger partial charge is 0.267 e. The monoisotopic (exact) mass is 277 g/mol. The SMILES string of the molecule is O=C(NNC(=O)c1c(F)cccc1F)c1ccccn1. The van der Waals surface area contributed by atoms with E-state index in [4.69, 9.17) is 0 Å². The molecule has 2 N–H and O–H groups in total. The van der Waals surface area contributed by atoms with E-state index in [1.807, 2.05) is 10.9 Å². The number of hydrogen-bond donors (Lipinski definition) is 2. The van der Waals surface area contributed by atoms with Gasteiger partial charge in [0.25, 0.3) is 11.8 Å². The highest BCUT2D eigenvalue weighted by molar-refractivity contribution is 5.98. The number of rotatable bonds is 2. The third-order valence-corrected chi connectivity index (χ3v) is 2.38. The zero-order valence-electron chi connectivity index (χ0n) is 10.1. The zero-order valence-corrected chi connectivity index (χ0v) is 10.1.